The molecule has 1 N–H and O–H groups in total. The molecule has 0 aliphatic heterocycles. The molecule has 2 aromatic rings. The lowest BCUT2D eigenvalue weighted by Crippen LogP contribution is -2.11. The second-order valence-corrected chi connectivity index (χ2v) is 4.32. The molecule has 0 fully saturated rings. The highest BCUT2D eigenvalue weighted by Crippen LogP contribution is 2.20. The summed E-state index contributed by atoms with van der Waals surface area (Å²) in [7, 11) is 0. The second kappa shape index (κ2) is 5.56. The molecule has 5 nitrogen and oxygen atoms in total. The maximum absolute atomic E-state index is 11.1. The Morgan fingerprint density at radius 2 is 2.21 bits per heavy atom. The van der Waals surface area contributed by atoms with E-state index in [0.717, 1.165) is 11.4 Å². The number of nitrogens with zero attached hydrogens (tertiary/aromatic N) is 2. The van der Waals surface area contributed by atoms with E-state index in [1.54, 1.807) is 24.4 Å². The lowest BCUT2D eigenvalue weighted by molar-refractivity contribution is 0.0692. The fourth-order valence-corrected chi connectivity index (χ4v) is 1.82. The van der Waals surface area contributed by atoms with E-state index in [1.165, 1.54) is 0 Å². The van der Waals surface area contributed by atoms with Crippen LogP contribution in [0.2, 0.25) is 0 Å². The highest BCUT2D eigenvalue weighted by atomic mass is 16.5. The summed E-state index contributed by atoms with van der Waals surface area (Å²) in [5, 5.41) is 9.09. The number of hydrogen-bond acceptors (Lipinski definition) is 3. The zero-order valence-electron chi connectivity index (χ0n) is 11.0. The quantitative estimate of drug-likeness (QED) is 0.895. The molecule has 0 amide bonds. The number of carboxylic acids is 1. The Bertz CT molecular complexity index is 590. The zero-order chi connectivity index (χ0) is 13.8. The maximum Gasteiger partial charge on any atom is 0.339 e. The molecule has 0 spiro atoms. The molecule has 2 rings (SSSR count). The predicted octanol–water partition coefficient (Wildman–Crippen LogP) is 2.28. The molecule has 0 atom stereocenters. The first kappa shape index (κ1) is 13.1. The molecule has 1 heterocycles. The number of ether oxygens (including phenoxy) is 1. The van der Waals surface area contributed by atoms with Crippen LogP contribution in [-0.2, 0) is 6.54 Å². The van der Waals surface area contributed by atoms with Crippen LogP contribution < -0.4 is 4.74 Å². The van der Waals surface area contributed by atoms with Gasteiger partial charge in [-0.15, -0.1) is 0 Å². The molecule has 0 radical (unpaired) electrons. The fourth-order valence-electron chi connectivity index (χ4n) is 1.82. The standard InChI is InChI=1S/C14H16N2O3/c1-10-3-4-12(14(17)18)13(9-10)19-8-7-16-6-5-15-11(16)2/h3-6,9H,7-8H2,1-2H3,(H,17,18). The average Bonchev–Trinajstić information content (AvgIpc) is 2.75. The lowest BCUT2D eigenvalue weighted by Gasteiger charge is -2.11. The van der Waals surface area contributed by atoms with Crippen LogP contribution in [0, 0.1) is 13.8 Å². The molecule has 0 bridgehead atoms. The van der Waals surface area contributed by atoms with Crippen LogP contribution in [0.25, 0.3) is 0 Å². The minimum atomic E-state index is -0.978. The van der Waals surface area contributed by atoms with Gasteiger partial charge in [-0.05, 0) is 31.5 Å². The number of hydrogen-bond donors (Lipinski definition) is 1. The minimum absolute atomic E-state index is 0.188. The third kappa shape index (κ3) is 3.13. The fraction of sp³-hybridized carbons (Fsp3) is 0.286. The van der Waals surface area contributed by atoms with Gasteiger partial charge in [0.15, 0.2) is 0 Å². The largest absolute Gasteiger partial charge is 0.491 e. The Morgan fingerprint density at radius 3 is 2.84 bits per heavy atom. The number of carboxylic acid groups (broad SMARTS) is 1. The molecule has 0 saturated heterocycles. The van der Waals surface area contributed by atoms with E-state index in [1.807, 2.05) is 24.6 Å². The zero-order valence-corrected chi connectivity index (χ0v) is 11.0. The van der Waals surface area contributed by atoms with Crippen molar-refractivity contribution in [2.45, 2.75) is 20.4 Å². The molecule has 1 aromatic heterocycles. The highest BCUT2D eigenvalue weighted by molar-refractivity contribution is 5.90. The molecular weight excluding hydrogens is 244 g/mol. The van der Waals surface area contributed by atoms with Crippen LogP contribution in [0.15, 0.2) is 30.6 Å². The van der Waals surface area contributed by atoms with Crippen LogP contribution in [0.3, 0.4) is 0 Å². The van der Waals surface area contributed by atoms with Gasteiger partial charge >= 0.3 is 5.97 Å². The molecule has 0 aliphatic carbocycles. The number of aryl methyl sites for hydroxylation is 2. The maximum atomic E-state index is 11.1. The molecule has 0 saturated carbocycles. The number of carbonyl (C=O) groups is 1. The van der Waals surface area contributed by atoms with Crippen molar-refractivity contribution in [2.24, 2.45) is 0 Å². The first-order valence-corrected chi connectivity index (χ1v) is 6.02. The first-order valence-electron chi connectivity index (χ1n) is 6.02. The van der Waals surface area contributed by atoms with Crippen LogP contribution in [0.5, 0.6) is 5.75 Å². The van der Waals surface area contributed by atoms with Gasteiger partial charge in [0.2, 0.25) is 0 Å². The average molecular weight is 260 g/mol. The summed E-state index contributed by atoms with van der Waals surface area (Å²) in [6, 6.07) is 5.07. The van der Waals surface area contributed by atoms with Crippen molar-refractivity contribution in [3.63, 3.8) is 0 Å². The molecule has 19 heavy (non-hydrogen) atoms. The van der Waals surface area contributed by atoms with Gasteiger partial charge in [-0.1, -0.05) is 6.07 Å². The molecule has 100 valence electrons. The summed E-state index contributed by atoms with van der Waals surface area (Å²) < 4.78 is 7.53. The van der Waals surface area contributed by atoms with E-state index < -0.39 is 5.97 Å². The summed E-state index contributed by atoms with van der Waals surface area (Å²) in [6.07, 6.45) is 3.59. The SMILES string of the molecule is Cc1ccc(C(=O)O)c(OCCn2ccnc2C)c1. The van der Waals surface area contributed by atoms with Crippen LogP contribution >= 0.6 is 0 Å². The van der Waals surface area contributed by atoms with E-state index in [0.29, 0.717) is 18.9 Å². The third-order valence-corrected chi connectivity index (χ3v) is 2.88. The monoisotopic (exact) mass is 260 g/mol. The number of benzene rings is 1. The van der Waals surface area contributed by atoms with Gasteiger partial charge in [0.05, 0.1) is 6.54 Å². The van der Waals surface area contributed by atoms with Crippen LogP contribution in [-0.4, -0.2) is 27.2 Å². The van der Waals surface area contributed by atoms with E-state index in [-0.39, 0.29) is 5.56 Å². The Hall–Kier alpha value is -2.30. The smallest absolute Gasteiger partial charge is 0.339 e. The van der Waals surface area contributed by atoms with Crippen molar-refractivity contribution < 1.29 is 14.6 Å². The van der Waals surface area contributed by atoms with Gasteiger partial charge < -0.3 is 14.4 Å². The van der Waals surface area contributed by atoms with Gasteiger partial charge in [0, 0.05) is 12.4 Å². The Kier molecular flexibility index (Phi) is 3.85. The van der Waals surface area contributed by atoms with Crippen molar-refractivity contribution in [2.75, 3.05) is 6.61 Å². The van der Waals surface area contributed by atoms with E-state index in [4.69, 9.17) is 9.84 Å². The minimum Gasteiger partial charge on any atom is -0.491 e. The molecule has 1 aromatic carbocycles. The van der Waals surface area contributed by atoms with Crippen molar-refractivity contribution in [1.82, 2.24) is 9.55 Å². The third-order valence-electron chi connectivity index (χ3n) is 2.88. The van der Waals surface area contributed by atoms with Gasteiger partial charge in [0.25, 0.3) is 0 Å². The van der Waals surface area contributed by atoms with Gasteiger partial charge in [-0.2, -0.15) is 0 Å². The Labute approximate surface area is 111 Å². The first-order chi connectivity index (χ1) is 9.08. The van der Waals surface area contributed by atoms with Gasteiger partial charge in [0.1, 0.15) is 23.7 Å². The summed E-state index contributed by atoms with van der Waals surface area (Å²) in [5.74, 6) is 0.338. The van der Waals surface area contributed by atoms with Gasteiger partial charge in [-0.25, -0.2) is 9.78 Å². The Morgan fingerprint density at radius 1 is 1.42 bits per heavy atom. The van der Waals surface area contributed by atoms with Crippen molar-refractivity contribution in [3.8, 4) is 5.75 Å². The summed E-state index contributed by atoms with van der Waals surface area (Å²) in [5.41, 5.74) is 1.16. The molecule has 0 unspecified atom stereocenters. The number of rotatable bonds is 5. The predicted molar refractivity (Wildman–Crippen MR) is 70.6 cm³/mol. The number of aromatic carboxylic acids is 1. The molecule has 0 aliphatic rings. The highest BCUT2D eigenvalue weighted by Gasteiger charge is 2.11. The summed E-state index contributed by atoms with van der Waals surface area (Å²) >= 11 is 0. The molecular formula is C14H16N2O3. The van der Waals surface area contributed by atoms with Crippen LogP contribution in [0.4, 0.5) is 0 Å². The number of aromatic nitrogens is 2. The van der Waals surface area contributed by atoms with E-state index >= 15 is 0 Å². The van der Waals surface area contributed by atoms with Crippen molar-refractivity contribution in [3.05, 3.63) is 47.5 Å². The van der Waals surface area contributed by atoms with Gasteiger partial charge in [-0.3, -0.25) is 0 Å². The lowest BCUT2D eigenvalue weighted by atomic mass is 10.1. The Balaban J connectivity index is 2.05. The summed E-state index contributed by atoms with van der Waals surface area (Å²) in [4.78, 5) is 15.2. The summed E-state index contributed by atoms with van der Waals surface area (Å²) in [6.45, 7) is 4.85. The van der Waals surface area contributed by atoms with Crippen LogP contribution in [0.1, 0.15) is 21.7 Å². The normalized spacial score (nSPS) is 10.4. The molecule has 5 heteroatoms. The second-order valence-electron chi connectivity index (χ2n) is 4.32. The topological polar surface area (TPSA) is 64.3 Å². The van der Waals surface area contributed by atoms with Crippen molar-refractivity contribution in [1.29, 1.82) is 0 Å². The van der Waals surface area contributed by atoms with Crippen molar-refractivity contribution >= 4 is 5.97 Å². The van der Waals surface area contributed by atoms with E-state index in [2.05, 4.69) is 4.98 Å². The van der Waals surface area contributed by atoms with E-state index in [9.17, 15) is 4.79 Å². The number of imidazole rings is 1.